The lowest BCUT2D eigenvalue weighted by Crippen LogP contribution is -2.50. The van der Waals surface area contributed by atoms with Gasteiger partial charge in [0.25, 0.3) is 0 Å². The predicted octanol–water partition coefficient (Wildman–Crippen LogP) is 3.78. The molecule has 5 heteroatoms. The quantitative estimate of drug-likeness (QED) is 0.846. The number of carbonyl (C=O) groups excluding carboxylic acids is 1. The van der Waals surface area contributed by atoms with Crippen LogP contribution in [-0.2, 0) is 10.3 Å². The monoisotopic (exact) mass is 354 g/mol. The van der Waals surface area contributed by atoms with E-state index >= 15 is 0 Å². The van der Waals surface area contributed by atoms with Crippen molar-refractivity contribution in [2.24, 2.45) is 5.92 Å². The predicted molar refractivity (Wildman–Crippen MR) is 98.0 cm³/mol. The van der Waals surface area contributed by atoms with Gasteiger partial charge in [0.05, 0.1) is 0 Å². The van der Waals surface area contributed by atoms with E-state index in [0.717, 1.165) is 28.4 Å². The smallest absolute Gasteiger partial charge is 0.249 e. The summed E-state index contributed by atoms with van der Waals surface area (Å²) in [5, 5.41) is 3.10. The molecule has 0 saturated carbocycles. The van der Waals surface area contributed by atoms with Gasteiger partial charge in [0, 0.05) is 34.8 Å². The van der Waals surface area contributed by atoms with Gasteiger partial charge in [-0.1, -0.05) is 37.3 Å². The number of rotatable bonds is 1. The van der Waals surface area contributed by atoms with E-state index in [-0.39, 0.29) is 23.6 Å². The van der Waals surface area contributed by atoms with E-state index in [1.165, 1.54) is 12.1 Å². The maximum Gasteiger partial charge on any atom is 0.249 e. The Balaban J connectivity index is 1.69. The molecule has 0 aliphatic carbocycles. The highest BCUT2D eigenvalue weighted by Gasteiger charge is 2.65. The zero-order chi connectivity index (χ0) is 17.2. The summed E-state index contributed by atoms with van der Waals surface area (Å²) in [6.07, 6.45) is 0. The van der Waals surface area contributed by atoms with Crippen LogP contribution < -0.4 is 5.32 Å². The average molecular weight is 354 g/mol. The third kappa shape index (κ3) is 1.88. The summed E-state index contributed by atoms with van der Waals surface area (Å²) < 4.78 is 13.4. The lowest BCUT2D eigenvalue weighted by atomic mass is 9.74. The third-order valence-electron chi connectivity index (χ3n) is 6.17. The van der Waals surface area contributed by atoms with Crippen LogP contribution in [0.1, 0.15) is 24.0 Å². The number of para-hydroxylation sites is 1. The average Bonchev–Trinajstić information content (AvgIpc) is 3.24. The number of fused-ring (bicyclic) bond motifs is 4. The van der Waals surface area contributed by atoms with Crippen LogP contribution in [0.4, 0.5) is 10.1 Å². The van der Waals surface area contributed by atoms with Gasteiger partial charge in [-0.15, -0.1) is 11.8 Å². The summed E-state index contributed by atoms with van der Waals surface area (Å²) in [6, 6.07) is 15.2. The number of amides is 1. The Morgan fingerprint density at radius 2 is 1.96 bits per heavy atom. The Hall–Kier alpha value is -1.85. The number of hydrogen-bond donors (Lipinski definition) is 1. The molecule has 2 fully saturated rings. The number of carbonyl (C=O) groups is 1. The van der Waals surface area contributed by atoms with Crippen LogP contribution in [-0.4, -0.2) is 28.5 Å². The molecule has 1 N–H and O–H groups in total. The highest BCUT2D eigenvalue weighted by atomic mass is 32.2. The Morgan fingerprint density at radius 3 is 2.76 bits per heavy atom. The first-order chi connectivity index (χ1) is 12.1. The molecule has 1 spiro atoms. The second-order valence-corrected chi connectivity index (χ2v) is 8.17. The number of anilines is 1. The molecule has 0 radical (unpaired) electrons. The molecule has 0 aromatic heterocycles. The third-order valence-corrected chi connectivity index (χ3v) is 7.21. The lowest BCUT2D eigenvalue weighted by molar-refractivity contribution is -0.127. The highest BCUT2D eigenvalue weighted by molar-refractivity contribution is 7.99. The Labute approximate surface area is 150 Å². The highest BCUT2D eigenvalue weighted by Crippen LogP contribution is 2.60. The molecule has 3 aliphatic rings. The van der Waals surface area contributed by atoms with Crippen molar-refractivity contribution in [2.45, 2.75) is 24.4 Å². The molecule has 5 rings (SSSR count). The number of nitrogens with zero attached hydrogens (tertiary/aromatic N) is 1. The minimum absolute atomic E-state index is 0.0818. The second kappa shape index (κ2) is 5.32. The zero-order valence-electron chi connectivity index (χ0n) is 13.9. The number of thioether (sulfide) groups is 1. The molecular weight excluding hydrogens is 335 g/mol. The fourth-order valence-corrected chi connectivity index (χ4v) is 6.50. The molecule has 25 heavy (non-hydrogen) atoms. The van der Waals surface area contributed by atoms with Crippen LogP contribution in [0.3, 0.4) is 0 Å². The summed E-state index contributed by atoms with van der Waals surface area (Å²) in [5.41, 5.74) is 2.52. The largest absolute Gasteiger partial charge is 0.324 e. The van der Waals surface area contributed by atoms with Crippen molar-refractivity contribution in [3.05, 3.63) is 65.5 Å². The van der Waals surface area contributed by atoms with Crippen LogP contribution in [0.5, 0.6) is 0 Å². The van der Waals surface area contributed by atoms with Gasteiger partial charge in [-0.05, 0) is 29.7 Å². The first-order valence-corrected chi connectivity index (χ1v) is 9.80. The van der Waals surface area contributed by atoms with Gasteiger partial charge in [0.15, 0.2) is 0 Å². The molecule has 3 aliphatic heterocycles. The van der Waals surface area contributed by atoms with E-state index in [1.807, 2.05) is 42.1 Å². The number of benzene rings is 2. The Bertz CT molecular complexity index is 855. The van der Waals surface area contributed by atoms with E-state index in [0.29, 0.717) is 6.04 Å². The lowest BCUT2D eigenvalue weighted by Gasteiger charge is -2.35. The maximum absolute atomic E-state index is 13.4. The van der Waals surface area contributed by atoms with Crippen LogP contribution in [0, 0.1) is 11.7 Å². The van der Waals surface area contributed by atoms with Gasteiger partial charge in [0.2, 0.25) is 5.91 Å². The molecule has 2 aromatic rings. The number of hydrogen-bond acceptors (Lipinski definition) is 3. The SMILES string of the molecule is C[C@H]1[C@H](c2ccc(F)cc2)[C@H]2CSCN2[C@]12C(=O)Nc1ccccc12. The molecule has 1 amide bonds. The second-order valence-electron chi connectivity index (χ2n) is 7.17. The van der Waals surface area contributed by atoms with Crippen LogP contribution in [0.25, 0.3) is 0 Å². The van der Waals surface area contributed by atoms with Gasteiger partial charge in [0.1, 0.15) is 11.4 Å². The van der Waals surface area contributed by atoms with Gasteiger partial charge < -0.3 is 5.32 Å². The Kier molecular flexibility index (Phi) is 3.28. The Morgan fingerprint density at radius 1 is 1.20 bits per heavy atom. The van der Waals surface area contributed by atoms with E-state index in [9.17, 15) is 9.18 Å². The standard InChI is InChI=1S/C20H19FN2OS/c1-12-18(13-6-8-14(21)9-7-13)17-10-25-11-23(17)20(12)15-4-2-3-5-16(15)22-19(20)24/h2-9,12,17-18H,10-11H2,1H3,(H,22,24)/t12-,17+,18+,20+/m0/s1. The first-order valence-electron chi connectivity index (χ1n) is 8.65. The van der Waals surface area contributed by atoms with Crippen LogP contribution in [0.15, 0.2) is 48.5 Å². The minimum atomic E-state index is -0.621. The summed E-state index contributed by atoms with van der Waals surface area (Å²) in [6.45, 7) is 2.18. The summed E-state index contributed by atoms with van der Waals surface area (Å²) >= 11 is 1.88. The van der Waals surface area contributed by atoms with Gasteiger partial charge >= 0.3 is 0 Å². The topological polar surface area (TPSA) is 32.3 Å². The van der Waals surface area contributed by atoms with Crippen molar-refractivity contribution in [3.63, 3.8) is 0 Å². The molecular formula is C20H19FN2OS. The molecule has 0 unspecified atom stereocenters. The summed E-state index contributed by atoms with van der Waals surface area (Å²) in [4.78, 5) is 15.6. The normalized spacial score (nSPS) is 33.5. The molecule has 128 valence electrons. The fraction of sp³-hybridized carbons (Fsp3) is 0.350. The van der Waals surface area contributed by atoms with Gasteiger partial charge in [-0.25, -0.2) is 4.39 Å². The van der Waals surface area contributed by atoms with Crippen molar-refractivity contribution in [1.82, 2.24) is 4.90 Å². The number of halogens is 1. The van der Waals surface area contributed by atoms with E-state index < -0.39 is 5.54 Å². The first kappa shape index (κ1) is 15.4. The molecule has 2 saturated heterocycles. The van der Waals surface area contributed by atoms with Crippen molar-refractivity contribution in [2.75, 3.05) is 16.9 Å². The van der Waals surface area contributed by atoms with Crippen LogP contribution >= 0.6 is 11.8 Å². The van der Waals surface area contributed by atoms with Gasteiger partial charge in [-0.3, -0.25) is 9.69 Å². The van der Waals surface area contributed by atoms with Crippen molar-refractivity contribution < 1.29 is 9.18 Å². The van der Waals surface area contributed by atoms with Crippen LogP contribution in [0.2, 0.25) is 0 Å². The molecule has 3 nitrogen and oxygen atoms in total. The fourth-order valence-electron chi connectivity index (χ4n) is 5.17. The van der Waals surface area contributed by atoms with E-state index in [2.05, 4.69) is 23.2 Å². The molecule has 0 bridgehead atoms. The maximum atomic E-state index is 13.4. The zero-order valence-corrected chi connectivity index (χ0v) is 14.7. The van der Waals surface area contributed by atoms with Crippen molar-refractivity contribution in [1.29, 1.82) is 0 Å². The van der Waals surface area contributed by atoms with E-state index in [1.54, 1.807) is 0 Å². The summed E-state index contributed by atoms with van der Waals surface area (Å²) in [7, 11) is 0. The van der Waals surface area contributed by atoms with Crippen molar-refractivity contribution >= 4 is 23.4 Å². The number of nitrogens with one attached hydrogen (secondary N) is 1. The summed E-state index contributed by atoms with van der Waals surface area (Å²) in [5.74, 6) is 2.06. The molecule has 4 atom stereocenters. The van der Waals surface area contributed by atoms with Crippen molar-refractivity contribution in [3.8, 4) is 0 Å². The minimum Gasteiger partial charge on any atom is -0.324 e. The van der Waals surface area contributed by atoms with E-state index in [4.69, 9.17) is 0 Å². The molecule has 3 heterocycles. The van der Waals surface area contributed by atoms with Gasteiger partial charge in [-0.2, -0.15) is 0 Å². The molecule has 2 aromatic carbocycles.